The summed E-state index contributed by atoms with van der Waals surface area (Å²) in [6.45, 7) is 4.46. The van der Waals surface area contributed by atoms with Gasteiger partial charge in [0.05, 0.1) is 6.10 Å². The highest BCUT2D eigenvalue weighted by molar-refractivity contribution is 4.72. The number of nitrogens with one attached hydrogen (secondary N) is 1. The Morgan fingerprint density at radius 3 is 3.00 bits per heavy atom. The molecule has 1 heterocycles. The molecule has 1 saturated heterocycles. The van der Waals surface area contributed by atoms with Crippen LogP contribution in [-0.2, 0) is 0 Å². The molecular formula is C11H23NO. The first-order valence-corrected chi connectivity index (χ1v) is 5.71. The third kappa shape index (κ3) is 4.63. The molecule has 2 atom stereocenters. The molecule has 1 aliphatic rings. The van der Waals surface area contributed by atoms with Crippen molar-refractivity contribution < 1.29 is 5.11 Å². The number of hydrogen-bond acceptors (Lipinski definition) is 2. The van der Waals surface area contributed by atoms with Crippen LogP contribution in [0.15, 0.2) is 0 Å². The molecule has 1 rings (SSSR count). The lowest BCUT2D eigenvalue weighted by Crippen LogP contribution is -2.31. The van der Waals surface area contributed by atoms with Crippen LogP contribution in [0.25, 0.3) is 0 Å². The molecule has 0 saturated carbocycles. The minimum atomic E-state index is -0.0511. The van der Waals surface area contributed by atoms with Crippen molar-refractivity contribution in [3.05, 3.63) is 0 Å². The molecule has 0 aliphatic carbocycles. The van der Waals surface area contributed by atoms with Crippen molar-refractivity contribution in [2.75, 3.05) is 13.1 Å². The van der Waals surface area contributed by atoms with Crippen molar-refractivity contribution >= 4 is 0 Å². The molecular weight excluding hydrogens is 162 g/mol. The van der Waals surface area contributed by atoms with Gasteiger partial charge in [0.2, 0.25) is 0 Å². The van der Waals surface area contributed by atoms with E-state index in [1.54, 1.807) is 0 Å². The molecule has 0 aromatic rings. The summed E-state index contributed by atoms with van der Waals surface area (Å²) in [6.07, 6.45) is 6.90. The lowest BCUT2D eigenvalue weighted by molar-refractivity contribution is 0.123. The van der Waals surface area contributed by atoms with Crippen molar-refractivity contribution in [3.63, 3.8) is 0 Å². The van der Waals surface area contributed by atoms with Crippen molar-refractivity contribution in [2.24, 2.45) is 5.92 Å². The summed E-state index contributed by atoms with van der Waals surface area (Å²) in [5.41, 5.74) is 0. The van der Waals surface area contributed by atoms with Gasteiger partial charge in [0, 0.05) is 0 Å². The van der Waals surface area contributed by atoms with Crippen LogP contribution >= 0.6 is 0 Å². The van der Waals surface area contributed by atoms with Gasteiger partial charge < -0.3 is 10.4 Å². The van der Waals surface area contributed by atoms with Crippen LogP contribution in [-0.4, -0.2) is 24.3 Å². The number of rotatable bonds is 5. The fraction of sp³-hybridized carbons (Fsp3) is 1.00. The summed E-state index contributed by atoms with van der Waals surface area (Å²) >= 11 is 0. The first-order chi connectivity index (χ1) is 6.33. The van der Waals surface area contributed by atoms with Crippen LogP contribution in [0.1, 0.15) is 45.4 Å². The van der Waals surface area contributed by atoms with E-state index in [9.17, 15) is 5.11 Å². The van der Waals surface area contributed by atoms with Gasteiger partial charge >= 0.3 is 0 Å². The predicted molar refractivity (Wildman–Crippen MR) is 55.7 cm³/mol. The van der Waals surface area contributed by atoms with Gasteiger partial charge in [0.25, 0.3) is 0 Å². The summed E-state index contributed by atoms with van der Waals surface area (Å²) in [6, 6.07) is 0. The van der Waals surface area contributed by atoms with E-state index < -0.39 is 0 Å². The van der Waals surface area contributed by atoms with Crippen LogP contribution < -0.4 is 5.32 Å². The van der Waals surface area contributed by atoms with Gasteiger partial charge in [-0.15, -0.1) is 0 Å². The number of hydrogen-bond donors (Lipinski definition) is 2. The highest BCUT2D eigenvalue weighted by Crippen LogP contribution is 2.18. The SMILES string of the molecule is CCCCC(O)CC1CCCNC1. The minimum absolute atomic E-state index is 0.0511. The molecule has 0 bridgehead atoms. The monoisotopic (exact) mass is 185 g/mol. The quantitative estimate of drug-likeness (QED) is 0.686. The lowest BCUT2D eigenvalue weighted by atomic mass is 9.92. The van der Waals surface area contributed by atoms with Gasteiger partial charge in [0.1, 0.15) is 0 Å². The van der Waals surface area contributed by atoms with Crippen molar-refractivity contribution in [3.8, 4) is 0 Å². The normalized spacial score (nSPS) is 25.8. The van der Waals surface area contributed by atoms with Crippen LogP contribution in [0.3, 0.4) is 0 Å². The Kier molecular flexibility index (Phi) is 5.40. The van der Waals surface area contributed by atoms with Gasteiger partial charge in [-0.1, -0.05) is 19.8 Å². The molecule has 1 aliphatic heterocycles. The van der Waals surface area contributed by atoms with Gasteiger partial charge in [-0.2, -0.15) is 0 Å². The van der Waals surface area contributed by atoms with E-state index in [1.807, 2.05) is 0 Å². The molecule has 0 amide bonds. The second-order valence-electron chi connectivity index (χ2n) is 4.24. The van der Waals surface area contributed by atoms with Gasteiger partial charge in [-0.25, -0.2) is 0 Å². The van der Waals surface area contributed by atoms with Crippen molar-refractivity contribution in [1.29, 1.82) is 0 Å². The van der Waals surface area contributed by atoms with E-state index in [0.29, 0.717) is 0 Å². The number of aliphatic hydroxyl groups is 1. The maximum Gasteiger partial charge on any atom is 0.0543 e. The molecule has 2 N–H and O–H groups in total. The van der Waals surface area contributed by atoms with Crippen LogP contribution in [0, 0.1) is 5.92 Å². The van der Waals surface area contributed by atoms with Crippen LogP contribution in [0.5, 0.6) is 0 Å². The molecule has 2 unspecified atom stereocenters. The van der Waals surface area contributed by atoms with Gasteiger partial charge in [-0.05, 0) is 44.7 Å². The van der Waals surface area contributed by atoms with Crippen LogP contribution in [0.4, 0.5) is 0 Å². The molecule has 0 radical (unpaired) electrons. The Morgan fingerprint density at radius 2 is 2.38 bits per heavy atom. The Morgan fingerprint density at radius 1 is 1.54 bits per heavy atom. The zero-order valence-electron chi connectivity index (χ0n) is 8.76. The third-order valence-corrected chi connectivity index (χ3v) is 2.90. The van der Waals surface area contributed by atoms with E-state index in [4.69, 9.17) is 0 Å². The highest BCUT2D eigenvalue weighted by Gasteiger charge is 2.16. The molecule has 2 heteroatoms. The number of unbranched alkanes of at least 4 members (excludes halogenated alkanes) is 1. The molecule has 78 valence electrons. The van der Waals surface area contributed by atoms with E-state index in [-0.39, 0.29) is 6.10 Å². The van der Waals surface area contributed by atoms with Crippen molar-refractivity contribution in [1.82, 2.24) is 5.32 Å². The highest BCUT2D eigenvalue weighted by atomic mass is 16.3. The molecule has 0 aromatic carbocycles. The van der Waals surface area contributed by atoms with Crippen LogP contribution in [0.2, 0.25) is 0 Å². The molecule has 0 spiro atoms. The van der Waals surface area contributed by atoms with Crippen molar-refractivity contribution in [2.45, 2.75) is 51.6 Å². The fourth-order valence-electron chi connectivity index (χ4n) is 2.07. The summed E-state index contributed by atoms with van der Waals surface area (Å²) in [7, 11) is 0. The van der Waals surface area contributed by atoms with E-state index in [1.165, 1.54) is 32.2 Å². The zero-order valence-corrected chi connectivity index (χ0v) is 8.76. The van der Waals surface area contributed by atoms with Gasteiger partial charge in [0.15, 0.2) is 0 Å². The summed E-state index contributed by atoms with van der Waals surface area (Å²) in [5.74, 6) is 0.723. The zero-order chi connectivity index (χ0) is 9.52. The second-order valence-corrected chi connectivity index (χ2v) is 4.24. The summed E-state index contributed by atoms with van der Waals surface area (Å²) in [4.78, 5) is 0. The fourth-order valence-corrected chi connectivity index (χ4v) is 2.07. The smallest absolute Gasteiger partial charge is 0.0543 e. The number of piperidine rings is 1. The van der Waals surface area contributed by atoms with E-state index >= 15 is 0 Å². The van der Waals surface area contributed by atoms with Gasteiger partial charge in [-0.3, -0.25) is 0 Å². The molecule has 1 fully saturated rings. The van der Waals surface area contributed by atoms with E-state index in [2.05, 4.69) is 12.2 Å². The summed E-state index contributed by atoms with van der Waals surface area (Å²) < 4.78 is 0. The second kappa shape index (κ2) is 6.39. The lowest BCUT2D eigenvalue weighted by Gasteiger charge is -2.24. The maximum absolute atomic E-state index is 9.70. The summed E-state index contributed by atoms with van der Waals surface area (Å²) in [5, 5.41) is 13.1. The topological polar surface area (TPSA) is 32.3 Å². The largest absolute Gasteiger partial charge is 0.393 e. The average molecular weight is 185 g/mol. The average Bonchev–Trinajstić information content (AvgIpc) is 2.16. The predicted octanol–water partition coefficient (Wildman–Crippen LogP) is 1.93. The Hall–Kier alpha value is -0.0800. The third-order valence-electron chi connectivity index (χ3n) is 2.90. The minimum Gasteiger partial charge on any atom is -0.393 e. The molecule has 0 aromatic heterocycles. The first-order valence-electron chi connectivity index (χ1n) is 5.71. The first kappa shape index (κ1) is 11.0. The molecule has 13 heavy (non-hydrogen) atoms. The molecule has 2 nitrogen and oxygen atoms in total. The maximum atomic E-state index is 9.70. The Bertz CT molecular complexity index is 121. The standard InChI is InChI=1S/C11H23NO/c1-2-3-6-11(13)8-10-5-4-7-12-9-10/h10-13H,2-9H2,1H3. The Balaban J connectivity index is 2.07. The Labute approximate surface area is 81.7 Å². The number of aliphatic hydroxyl groups excluding tert-OH is 1. The van der Waals surface area contributed by atoms with E-state index in [0.717, 1.165) is 25.3 Å².